The molecule has 6 heteroatoms. The summed E-state index contributed by atoms with van der Waals surface area (Å²) in [6, 6.07) is 21.3. The molecule has 6 nitrogen and oxygen atoms in total. The van der Waals surface area contributed by atoms with Crippen LogP contribution in [0.25, 0.3) is 38.9 Å². The summed E-state index contributed by atoms with van der Waals surface area (Å²) in [4.78, 5) is 17.0. The Bertz CT molecular complexity index is 1380. The van der Waals surface area contributed by atoms with Crippen molar-refractivity contribution in [2.75, 3.05) is 5.73 Å². The topological polar surface area (TPSA) is 78.2 Å². The van der Waals surface area contributed by atoms with Crippen LogP contribution in [0.1, 0.15) is 0 Å². The molecule has 3 aromatic heterocycles. The van der Waals surface area contributed by atoms with Crippen LogP contribution < -0.4 is 11.3 Å². The number of hydrogen-bond acceptors (Lipinski definition) is 4. The van der Waals surface area contributed by atoms with Gasteiger partial charge in [0.1, 0.15) is 11.5 Å². The number of aryl methyl sites for hydroxylation is 1. The lowest BCUT2D eigenvalue weighted by Gasteiger charge is -2.08. The Hall–Kier alpha value is -3.93. The van der Waals surface area contributed by atoms with E-state index < -0.39 is 0 Å². The minimum atomic E-state index is -0.0519. The summed E-state index contributed by atoms with van der Waals surface area (Å²) in [5.74, 6) is 0.473. The largest absolute Gasteiger partial charge is 0.384 e. The lowest BCUT2D eigenvalue weighted by molar-refractivity contribution is 0.850. The lowest BCUT2D eigenvalue weighted by Crippen LogP contribution is -2.19. The molecule has 0 unspecified atom stereocenters. The molecule has 5 aromatic rings. The van der Waals surface area contributed by atoms with E-state index in [9.17, 15) is 4.79 Å². The number of aromatic nitrogens is 4. The van der Waals surface area contributed by atoms with Crippen molar-refractivity contribution in [1.82, 2.24) is 19.2 Å². The zero-order chi connectivity index (χ0) is 19.3. The molecule has 0 amide bonds. The number of hydrogen-bond donors (Lipinski definition) is 1. The van der Waals surface area contributed by atoms with Crippen LogP contribution in [0.5, 0.6) is 0 Å². The van der Waals surface area contributed by atoms with E-state index in [-0.39, 0.29) is 5.56 Å². The van der Waals surface area contributed by atoms with Gasteiger partial charge in [0.15, 0.2) is 0 Å². The van der Waals surface area contributed by atoms with E-state index in [4.69, 9.17) is 10.8 Å². The predicted octanol–water partition coefficient (Wildman–Crippen LogP) is 3.50. The first-order valence-electron chi connectivity index (χ1n) is 8.92. The van der Waals surface area contributed by atoms with Gasteiger partial charge in [0.05, 0.1) is 16.6 Å². The summed E-state index contributed by atoms with van der Waals surface area (Å²) in [6.45, 7) is 0. The van der Waals surface area contributed by atoms with Gasteiger partial charge < -0.3 is 5.73 Å². The Labute approximate surface area is 160 Å². The van der Waals surface area contributed by atoms with Crippen molar-refractivity contribution in [2.45, 2.75) is 0 Å². The average Bonchev–Trinajstić information content (AvgIpc) is 3.19. The van der Waals surface area contributed by atoms with Gasteiger partial charge in [0, 0.05) is 30.4 Å². The van der Waals surface area contributed by atoms with Crippen LogP contribution in [0.4, 0.5) is 5.82 Å². The molecule has 5 rings (SSSR count). The van der Waals surface area contributed by atoms with Crippen molar-refractivity contribution < 1.29 is 0 Å². The molecule has 0 aliphatic carbocycles. The maximum Gasteiger partial charge on any atom is 0.261 e. The van der Waals surface area contributed by atoms with Crippen LogP contribution in [0, 0.1) is 0 Å². The Morgan fingerprint density at radius 2 is 1.68 bits per heavy atom. The molecule has 0 aliphatic rings. The molecule has 28 heavy (non-hydrogen) atoms. The van der Waals surface area contributed by atoms with Crippen LogP contribution in [0.15, 0.2) is 77.7 Å². The van der Waals surface area contributed by atoms with Crippen molar-refractivity contribution in [3.8, 4) is 22.4 Å². The molecular formula is C22H17N5O. The summed E-state index contributed by atoms with van der Waals surface area (Å²) in [5.41, 5.74) is 10.9. The quantitative estimate of drug-likeness (QED) is 0.518. The van der Waals surface area contributed by atoms with Gasteiger partial charge in [-0.3, -0.25) is 9.36 Å². The highest BCUT2D eigenvalue weighted by atomic mass is 16.1. The third-order valence-electron chi connectivity index (χ3n) is 4.98. The summed E-state index contributed by atoms with van der Waals surface area (Å²) in [7, 11) is 1.77. The first-order chi connectivity index (χ1) is 13.6. The van der Waals surface area contributed by atoms with Gasteiger partial charge in [0.25, 0.3) is 5.56 Å². The summed E-state index contributed by atoms with van der Waals surface area (Å²) in [6.07, 6.45) is 1.73. The van der Waals surface area contributed by atoms with E-state index in [0.717, 1.165) is 33.5 Å². The molecule has 0 saturated heterocycles. The fourth-order valence-electron chi connectivity index (χ4n) is 3.47. The molecule has 0 atom stereocenters. The van der Waals surface area contributed by atoms with E-state index in [2.05, 4.69) is 4.98 Å². The smallest absolute Gasteiger partial charge is 0.261 e. The van der Waals surface area contributed by atoms with E-state index in [1.165, 1.54) is 0 Å². The van der Waals surface area contributed by atoms with Crippen LogP contribution >= 0.6 is 0 Å². The Morgan fingerprint density at radius 3 is 2.43 bits per heavy atom. The van der Waals surface area contributed by atoms with Crippen molar-refractivity contribution >= 4 is 22.4 Å². The second-order valence-corrected chi connectivity index (χ2v) is 6.73. The minimum absolute atomic E-state index is 0.0519. The highest BCUT2D eigenvalue weighted by molar-refractivity contribution is 5.86. The van der Waals surface area contributed by atoms with E-state index in [1.807, 2.05) is 65.2 Å². The van der Waals surface area contributed by atoms with Crippen molar-refractivity contribution in [1.29, 1.82) is 0 Å². The number of pyridine rings is 1. The van der Waals surface area contributed by atoms with Crippen molar-refractivity contribution in [3.05, 3.63) is 83.3 Å². The Kier molecular flexibility index (Phi) is 3.52. The van der Waals surface area contributed by atoms with Crippen LogP contribution in [-0.2, 0) is 7.05 Å². The molecule has 2 N–H and O–H groups in total. The number of rotatable bonds is 2. The fraction of sp³-hybridized carbons (Fsp3) is 0.0455. The third kappa shape index (κ3) is 2.46. The minimum Gasteiger partial charge on any atom is -0.384 e. The molecule has 0 saturated carbocycles. The van der Waals surface area contributed by atoms with Crippen molar-refractivity contribution in [2.24, 2.45) is 7.05 Å². The molecule has 0 fully saturated rings. The molecule has 0 radical (unpaired) electrons. The maximum absolute atomic E-state index is 12.9. The van der Waals surface area contributed by atoms with Crippen molar-refractivity contribution in [3.63, 3.8) is 0 Å². The normalized spacial score (nSPS) is 11.3. The number of nitrogens with two attached hydrogens (primary N) is 1. The van der Waals surface area contributed by atoms with Gasteiger partial charge in [-0.2, -0.15) is 5.10 Å². The van der Waals surface area contributed by atoms with E-state index >= 15 is 0 Å². The van der Waals surface area contributed by atoms with Gasteiger partial charge in [-0.05, 0) is 29.8 Å². The second-order valence-electron chi connectivity index (χ2n) is 6.73. The van der Waals surface area contributed by atoms with Crippen LogP contribution in [0.3, 0.4) is 0 Å². The highest BCUT2D eigenvalue weighted by Crippen LogP contribution is 2.26. The summed E-state index contributed by atoms with van der Waals surface area (Å²) < 4.78 is 3.46. The van der Waals surface area contributed by atoms with Gasteiger partial charge in [-0.25, -0.2) is 9.50 Å². The standard InChI is InChI=1S/C22H17N5O/c1-26-21-12-18(14-5-3-2-4-6-14)25-27(21)19-11-15(7-9-17(19)22(26)28)16-8-10-20(23)24-13-16/h2-13H,1H3,(H2,23,24). The van der Waals surface area contributed by atoms with Crippen LogP contribution in [0.2, 0.25) is 0 Å². The number of nitrogen functional groups attached to an aromatic ring is 1. The molecular weight excluding hydrogens is 350 g/mol. The molecule has 136 valence electrons. The van der Waals surface area contributed by atoms with Gasteiger partial charge >= 0.3 is 0 Å². The molecule has 0 aliphatic heterocycles. The third-order valence-corrected chi connectivity index (χ3v) is 4.98. The molecule has 0 spiro atoms. The van der Waals surface area contributed by atoms with E-state index in [1.54, 1.807) is 23.9 Å². The number of benzene rings is 2. The Morgan fingerprint density at radius 1 is 0.893 bits per heavy atom. The summed E-state index contributed by atoms with van der Waals surface area (Å²) >= 11 is 0. The molecule has 2 aromatic carbocycles. The van der Waals surface area contributed by atoms with E-state index in [0.29, 0.717) is 11.2 Å². The predicted molar refractivity (Wildman–Crippen MR) is 111 cm³/mol. The fourth-order valence-corrected chi connectivity index (χ4v) is 3.47. The Balaban J connectivity index is 1.81. The first kappa shape index (κ1) is 16.3. The monoisotopic (exact) mass is 367 g/mol. The molecule has 0 bridgehead atoms. The average molecular weight is 367 g/mol. The zero-order valence-electron chi connectivity index (χ0n) is 15.2. The maximum atomic E-state index is 12.9. The number of fused-ring (bicyclic) bond motifs is 3. The number of anilines is 1. The summed E-state index contributed by atoms with van der Waals surface area (Å²) in [5, 5.41) is 5.40. The highest BCUT2D eigenvalue weighted by Gasteiger charge is 2.13. The SMILES string of the molecule is Cn1c(=O)c2ccc(-c3ccc(N)nc3)cc2n2nc(-c3ccccc3)cc12. The van der Waals surface area contributed by atoms with Gasteiger partial charge in [0.2, 0.25) is 0 Å². The van der Waals surface area contributed by atoms with Gasteiger partial charge in [-0.1, -0.05) is 36.4 Å². The van der Waals surface area contributed by atoms with Gasteiger partial charge in [-0.15, -0.1) is 0 Å². The second kappa shape index (κ2) is 6.06. The van der Waals surface area contributed by atoms with Crippen LogP contribution in [-0.4, -0.2) is 19.2 Å². The molecule has 3 heterocycles. The lowest BCUT2D eigenvalue weighted by atomic mass is 10.1. The number of nitrogens with zero attached hydrogens (tertiary/aromatic N) is 4. The first-order valence-corrected chi connectivity index (χ1v) is 8.92. The zero-order valence-corrected chi connectivity index (χ0v) is 15.2.